The molecule has 1 aliphatic rings. The minimum absolute atomic E-state index is 0.0978. The minimum Gasteiger partial charge on any atom is -0.368 e. The van der Waals surface area contributed by atoms with E-state index in [-0.39, 0.29) is 11.8 Å². The van der Waals surface area contributed by atoms with Gasteiger partial charge in [-0.3, -0.25) is 4.79 Å². The molecule has 0 bridgehead atoms. The number of halogens is 2. The number of amides is 1. The summed E-state index contributed by atoms with van der Waals surface area (Å²) >= 11 is 11.7. The molecule has 1 heterocycles. The van der Waals surface area contributed by atoms with Crippen LogP contribution in [-0.4, -0.2) is 42.9 Å². The van der Waals surface area contributed by atoms with Crippen molar-refractivity contribution in [1.29, 1.82) is 0 Å². The molecule has 0 radical (unpaired) electrons. The fourth-order valence-electron chi connectivity index (χ4n) is 2.24. The zero-order chi connectivity index (χ0) is 13.8. The third-order valence-corrected chi connectivity index (χ3v) is 4.12. The van der Waals surface area contributed by atoms with Crippen LogP contribution in [-0.2, 0) is 4.79 Å². The summed E-state index contributed by atoms with van der Waals surface area (Å²) in [7, 11) is 0. The number of benzene rings is 1. The van der Waals surface area contributed by atoms with E-state index in [1.165, 1.54) is 0 Å². The van der Waals surface area contributed by atoms with Gasteiger partial charge in [0.2, 0.25) is 5.91 Å². The molecule has 2 rings (SSSR count). The van der Waals surface area contributed by atoms with Crippen LogP contribution in [0.3, 0.4) is 0 Å². The summed E-state index contributed by atoms with van der Waals surface area (Å²) in [5.41, 5.74) is 1.12. The lowest BCUT2D eigenvalue weighted by Crippen LogP contribution is -2.50. The molecule has 1 saturated heterocycles. The third-order valence-electron chi connectivity index (χ3n) is 3.42. The maximum absolute atomic E-state index is 12.0. The van der Waals surface area contributed by atoms with Gasteiger partial charge < -0.3 is 9.80 Å². The van der Waals surface area contributed by atoms with Crippen molar-refractivity contribution in [2.24, 2.45) is 5.92 Å². The molecule has 1 amide bonds. The SMILES string of the molecule is CC(CCl)C(=O)N1CCN(c2cccc(Cl)c2)CC1. The second kappa shape index (κ2) is 6.49. The molecule has 5 heteroatoms. The number of hydrogen-bond donors (Lipinski definition) is 0. The summed E-state index contributed by atoms with van der Waals surface area (Å²) in [6.07, 6.45) is 0. The molecule has 0 aromatic heterocycles. The number of nitrogens with zero attached hydrogens (tertiary/aromatic N) is 2. The van der Waals surface area contributed by atoms with E-state index in [2.05, 4.69) is 4.90 Å². The molecular formula is C14H18Cl2N2O. The predicted molar refractivity (Wildman–Crippen MR) is 80.1 cm³/mol. The van der Waals surface area contributed by atoms with Crippen LogP contribution in [0.2, 0.25) is 5.02 Å². The first-order valence-corrected chi connectivity index (χ1v) is 7.38. The molecule has 1 unspecified atom stereocenters. The van der Waals surface area contributed by atoms with Gasteiger partial charge in [-0.2, -0.15) is 0 Å². The lowest BCUT2D eigenvalue weighted by Gasteiger charge is -2.37. The first kappa shape index (κ1) is 14.5. The Morgan fingerprint density at radius 3 is 2.58 bits per heavy atom. The van der Waals surface area contributed by atoms with Crippen LogP contribution in [0.4, 0.5) is 5.69 Å². The lowest BCUT2D eigenvalue weighted by molar-refractivity contribution is -0.134. The summed E-state index contributed by atoms with van der Waals surface area (Å²) in [6.45, 7) is 5.03. The van der Waals surface area contributed by atoms with Gasteiger partial charge in [0.25, 0.3) is 0 Å². The number of anilines is 1. The van der Waals surface area contributed by atoms with Crippen molar-refractivity contribution >= 4 is 34.8 Å². The molecule has 0 N–H and O–H groups in total. The minimum atomic E-state index is -0.0978. The van der Waals surface area contributed by atoms with Crippen molar-refractivity contribution in [1.82, 2.24) is 4.90 Å². The summed E-state index contributed by atoms with van der Waals surface area (Å²) < 4.78 is 0. The van der Waals surface area contributed by atoms with Crippen LogP contribution in [0.15, 0.2) is 24.3 Å². The topological polar surface area (TPSA) is 23.6 Å². The Morgan fingerprint density at radius 2 is 2.00 bits per heavy atom. The van der Waals surface area contributed by atoms with Gasteiger partial charge in [-0.15, -0.1) is 11.6 Å². The Kier molecular flexibility index (Phi) is 4.94. The Morgan fingerprint density at radius 1 is 1.32 bits per heavy atom. The zero-order valence-electron chi connectivity index (χ0n) is 11.0. The van der Waals surface area contributed by atoms with Gasteiger partial charge in [-0.1, -0.05) is 24.6 Å². The predicted octanol–water partition coefficient (Wildman–Crippen LogP) is 2.86. The van der Waals surface area contributed by atoms with Crippen molar-refractivity contribution in [3.05, 3.63) is 29.3 Å². The smallest absolute Gasteiger partial charge is 0.226 e. The van der Waals surface area contributed by atoms with Gasteiger partial charge >= 0.3 is 0 Å². The molecule has 0 aliphatic carbocycles. The Labute approximate surface area is 124 Å². The van der Waals surface area contributed by atoms with Gasteiger partial charge in [0, 0.05) is 48.7 Å². The van der Waals surface area contributed by atoms with Crippen molar-refractivity contribution in [2.75, 3.05) is 37.0 Å². The van der Waals surface area contributed by atoms with Gasteiger partial charge in [0.05, 0.1) is 0 Å². The molecule has 1 aromatic rings. The zero-order valence-corrected chi connectivity index (χ0v) is 12.5. The molecule has 1 fully saturated rings. The van der Waals surface area contributed by atoms with E-state index in [4.69, 9.17) is 23.2 Å². The largest absolute Gasteiger partial charge is 0.368 e. The average Bonchev–Trinajstić information content (AvgIpc) is 2.46. The molecule has 0 spiro atoms. The van der Waals surface area contributed by atoms with E-state index >= 15 is 0 Å². The highest BCUT2D eigenvalue weighted by molar-refractivity contribution is 6.30. The molecule has 0 saturated carbocycles. The summed E-state index contributed by atoms with van der Waals surface area (Å²) in [6, 6.07) is 7.82. The van der Waals surface area contributed by atoms with Crippen molar-refractivity contribution in [2.45, 2.75) is 6.92 Å². The molecule has 104 valence electrons. The van der Waals surface area contributed by atoms with Crippen molar-refractivity contribution < 1.29 is 4.79 Å². The van der Waals surface area contributed by atoms with Crippen LogP contribution in [0.5, 0.6) is 0 Å². The van der Waals surface area contributed by atoms with E-state index in [0.717, 1.165) is 36.9 Å². The van der Waals surface area contributed by atoms with E-state index in [9.17, 15) is 4.79 Å². The molecular weight excluding hydrogens is 283 g/mol. The van der Waals surface area contributed by atoms with E-state index < -0.39 is 0 Å². The normalized spacial score (nSPS) is 17.4. The van der Waals surface area contributed by atoms with Crippen molar-refractivity contribution in [3.8, 4) is 0 Å². The van der Waals surface area contributed by atoms with Crippen LogP contribution in [0.1, 0.15) is 6.92 Å². The average molecular weight is 301 g/mol. The van der Waals surface area contributed by atoms with E-state index in [1.807, 2.05) is 36.1 Å². The maximum Gasteiger partial charge on any atom is 0.226 e. The van der Waals surface area contributed by atoms with Gasteiger partial charge in [0.1, 0.15) is 0 Å². The van der Waals surface area contributed by atoms with Gasteiger partial charge in [-0.05, 0) is 18.2 Å². The molecule has 1 aliphatic heterocycles. The first-order chi connectivity index (χ1) is 9.11. The Balaban J connectivity index is 1.94. The monoisotopic (exact) mass is 300 g/mol. The molecule has 1 aromatic carbocycles. The Bertz CT molecular complexity index is 445. The highest BCUT2D eigenvalue weighted by Crippen LogP contribution is 2.21. The first-order valence-electron chi connectivity index (χ1n) is 6.47. The van der Waals surface area contributed by atoms with Gasteiger partial charge in [0.15, 0.2) is 0 Å². The summed E-state index contributed by atoms with van der Waals surface area (Å²) in [5, 5.41) is 0.742. The molecule has 19 heavy (non-hydrogen) atoms. The highest BCUT2D eigenvalue weighted by Gasteiger charge is 2.24. The fourth-order valence-corrected chi connectivity index (χ4v) is 2.55. The Hall–Kier alpha value is -0.930. The number of hydrogen-bond acceptors (Lipinski definition) is 2. The number of carbonyl (C=O) groups excluding carboxylic acids is 1. The third kappa shape index (κ3) is 3.54. The number of rotatable bonds is 3. The summed E-state index contributed by atoms with van der Waals surface area (Å²) in [5.74, 6) is 0.438. The van der Waals surface area contributed by atoms with E-state index in [1.54, 1.807) is 0 Å². The summed E-state index contributed by atoms with van der Waals surface area (Å²) in [4.78, 5) is 16.2. The number of piperazine rings is 1. The number of alkyl halides is 1. The van der Waals surface area contributed by atoms with Gasteiger partial charge in [-0.25, -0.2) is 0 Å². The van der Waals surface area contributed by atoms with Crippen LogP contribution < -0.4 is 4.90 Å². The van der Waals surface area contributed by atoms with Crippen LogP contribution in [0.25, 0.3) is 0 Å². The molecule has 1 atom stereocenters. The van der Waals surface area contributed by atoms with Crippen LogP contribution >= 0.6 is 23.2 Å². The second-order valence-electron chi connectivity index (χ2n) is 4.85. The number of carbonyl (C=O) groups is 1. The highest BCUT2D eigenvalue weighted by atomic mass is 35.5. The molecule has 3 nitrogen and oxygen atoms in total. The van der Waals surface area contributed by atoms with Crippen LogP contribution in [0, 0.1) is 5.92 Å². The standard InChI is InChI=1S/C14H18Cl2N2O/c1-11(10-15)14(19)18-7-5-17(6-8-18)13-4-2-3-12(16)9-13/h2-4,9,11H,5-8,10H2,1H3. The van der Waals surface area contributed by atoms with Crippen molar-refractivity contribution in [3.63, 3.8) is 0 Å². The maximum atomic E-state index is 12.0. The fraction of sp³-hybridized carbons (Fsp3) is 0.500. The second-order valence-corrected chi connectivity index (χ2v) is 5.59. The van der Waals surface area contributed by atoms with E-state index in [0.29, 0.717) is 5.88 Å². The quantitative estimate of drug-likeness (QED) is 0.802. The lowest BCUT2D eigenvalue weighted by atomic mass is 10.1.